The van der Waals surface area contributed by atoms with Gasteiger partial charge in [0.25, 0.3) is 0 Å². The Kier molecular flexibility index (Phi) is 3.63. The van der Waals surface area contributed by atoms with Crippen LogP contribution in [0.2, 0.25) is 0 Å². The molecular formula is C19H15N5O. The molecule has 0 aliphatic rings. The molecule has 122 valence electrons. The van der Waals surface area contributed by atoms with E-state index in [1.807, 2.05) is 30.6 Å². The molecule has 0 aliphatic carbocycles. The number of anilines is 1. The summed E-state index contributed by atoms with van der Waals surface area (Å²) in [5.74, 6) is -0.0836. The predicted octanol–water partition coefficient (Wildman–Crippen LogP) is 3.06. The molecule has 25 heavy (non-hydrogen) atoms. The molecule has 0 unspecified atom stereocenters. The van der Waals surface area contributed by atoms with E-state index < -0.39 is 0 Å². The van der Waals surface area contributed by atoms with Gasteiger partial charge in [-0.2, -0.15) is 10.2 Å². The Hall–Kier alpha value is -3.67. The molecule has 4 aromatic rings. The van der Waals surface area contributed by atoms with E-state index in [1.165, 1.54) is 0 Å². The number of nitrogens with two attached hydrogens (primary N) is 1. The number of nitrogens with zero attached hydrogens (tertiary/aromatic N) is 3. The summed E-state index contributed by atoms with van der Waals surface area (Å²) >= 11 is 0. The lowest BCUT2D eigenvalue weighted by molar-refractivity contribution is 0.103. The van der Waals surface area contributed by atoms with Crippen molar-refractivity contribution < 1.29 is 4.79 Å². The van der Waals surface area contributed by atoms with E-state index in [4.69, 9.17) is 5.73 Å². The molecule has 2 aromatic heterocycles. The minimum atomic E-state index is -0.0836. The Morgan fingerprint density at radius 3 is 2.68 bits per heavy atom. The third-order valence-electron chi connectivity index (χ3n) is 3.90. The van der Waals surface area contributed by atoms with Crippen molar-refractivity contribution in [3.8, 4) is 0 Å². The van der Waals surface area contributed by atoms with Gasteiger partial charge < -0.3 is 5.73 Å². The van der Waals surface area contributed by atoms with Crippen molar-refractivity contribution in [2.24, 2.45) is 5.10 Å². The van der Waals surface area contributed by atoms with Gasteiger partial charge in [0.05, 0.1) is 17.4 Å². The zero-order valence-electron chi connectivity index (χ0n) is 13.3. The molecule has 0 amide bonds. The van der Waals surface area contributed by atoms with Gasteiger partial charge in [0, 0.05) is 34.6 Å². The summed E-state index contributed by atoms with van der Waals surface area (Å²) in [6, 6.07) is 16.2. The maximum absolute atomic E-state index is 12.6. The van der Waals surface area contributed by atoms with Crippen LogP contribution < -0.4 is 5.73 Å². The topological polar surface area (TPSA) is 89.1 Å². The van der Waals surface area contributed by atoms with Crippen LogP contribution >= 0.6 is 0 Å². The molecule has 0 spiro atoms. The van der Waals surface area contributed by atoms with Gasteiger partial charge in [-0.3, -0.25) is 9.89 Å². The fraction of sp³-hybridized carbons (Fsp3) is 0. The van der Waals surface area contributed by atoms with Gasteiger partial charge in [-0.1, -0.05) is 18.2 Å². The van der Waals surface area contributed by atoms with Crippen molar-refractivity contribution in [1.29, 1.82) is 0 Å². The number of ketones is 1. The van der Waals surface area contributed by atoms with Crippen molar-refractivity contribution in [3.63, 3.8) is 0 Å². The maximum Gasteiger partial charge on any atom is 0.193 e. The first-order valence-electron chi connectivity index (χ1n) is 7.76. The zero-order chi connectivity index (χ0) is 17.2. The van der Waals surface area contributed by atoms with Crippen molar-refractivity contribution in [3.05, 3.63) is 83.8 Å². The van der Waals surface area contributed by atoms with E-state index in [1.54, 1.807) is 47.3 Å². The standard InChI is InChI=1S/C19H15N5O/c20-15-5-3-4-13(10-15)19(25)14-6-7-16-17(11-14)22-23-18(16)12-21-24-8-1-2-9-24/h1-12H,20H2,(H,22,23). The fourth-order valence-corrected chi connectivity index (χ4v) is 2.65. The molecule has 0 atom stereocenters. The van der Waals surface area contributed by atoms with Crippen molar-refractivity contribution in [1.82, 2.24) is 14.9 Å². The number of carbonyl (C=O) groups is 1. The molecule has 3 N–H and O–H groups in total. The van der Waals surface area contributed by atoms with Crippen LogP contribution in [0, 0.1) is 0 Å². The van der Waals surface area contributed by atoms with Crippen LogP contribution in [0.25, 0.3) is 10.9 Å². The number of nitrogens with one attached hydrogen (secondary N) is 1. The highest BCUT2D eigenvalue weighted by atomic mass is 16.1. The molecule has 0 saturated carbocycles. The monoisotopic (exact) mass is 329 g/mol. The number of nitrogen functional groups attached to an aromatic ring is 1. The zero-order valence-corrected chi connectivity index (χ0v) is 13.3. The predicted molar refractivity (Wildman–Crippen MR) is 97.8 cm³/mol. The molecule has 0 bridgehead atoms. The Balaban J connectivity index is 1.66. The third kappa shape index (κ3) is 2.92. The quantitative estimate of drug-likeness (QED) is 0.342. The van der Waals surface area contributed by atoms with E-state index in [9.17, 15) is 4.79 Å². The minimum Gasteiger partial charge on any atom is -0.399 e. The molecular weight excluding hydrogens is 314 g/mol. The van der Waals surface area contributed by atoms with Gasteiger partial charge in [-0.25, -0.2) is 4.68 Å². The smallest absolute Gasteiger partial charge is 0.193 e. The summed E-state index contributed by atoms with van der Waals surface area (Å²) < 4.78 is 1.70. The highest BCUT2D eigenvalue weighted by Crippen LogP contribution is 2.19. The van der Waals surface area contributed by atoms with Crippen molar-refractivity contribution >= 4 is 28.6 Å². The SMILES string of the molecule is Nc1cccc(C(=O)c2ccc3c(C=Nn4cccc4)[nH]nc3c2)c1. The van der Waals surface area contributed by atoms with Gasteiger partial charge in [-0.05, 0) is 36.4 Å². The van der Waals surface area contributed by atoms with E-state index in [-0.39, 0.29) is 5.78 Å². The third-order valence-corrected chi connectivity index (χ3v) is 3.90. The molecule has 0 fully saturated rings. The first-order valence-corrected chi connectivity index (χ1v) is 7.76. The second kappa shape index (κ2) is 6.09. The van der Waals surface area contributed by atoms with E-state index >= 15 is 0 Å². The number of rotatable bonds is 4. The molecule has 0 saturated heterocycles. The molecule has 2 aromatic carbocycles. The van der Waals surface area contributed by atoms with Gasteiger partial charge in [-0.15, -0.1) is 0 Å². The number of H-pyrrole nitrogens is 1. The van der Waals surface area contributed by atoms with Gasteiger partial charge in [0.1, 0.15) is 0 Å². The number of aromatic amines is 1. The van der Waals surface area contributed by atoms with E-state index in [0.29, 0.717) is 22.3 Å². The largest absolute Gasteiger partial charge is 0.399 e. The number of carbonyl (C=O) groups excluding carboxylic acids is 1. The summed E-state index contributed by atoms with van der Waals surface area (Å²) in [5.41, 5.74) is 8.94. The Labute approximate surface area is 143 Å². The average Bonchev–Trinajstić information content (AvgIpc) is 3.28. The Bertz CT molecular complexity index is 1080. The second-order valence-electron chi connectivity index (χ2n) is 5.63. The van der Waals surface area contributed by atoms with Crippen LogP contribution in [0.15, 0.2) is 72.1 Å². The summed E-state index contributed by atoms with van der Waals surface area (Å²) in [5, 5.41) is 12.4. The van der Waals surface area contributed by atoms with Gasteiger partial charge in [0.2, 0.25) is 0 Å². The van der Waals surface area contributed by atoms with Crippen LogP contribution in [0.4, 0.5) is 5.69 Å². The molecule has 2 heterocycles. The number of hydrogen-bond donors (Lipinski definition) is 2. The molecule has 6 nitrogen and oxygen atoms in total. The summed E-state index contributed by atoms with van der Waals surface area (Å²) in [6.07, 6.45) is 5.39. The van der Waals surface area contributed by atoms with Gasteiger partial charge in [0.15, 0.2) is 5.78 Å². The highest BCUT2D eigenvalue weighted by Gasteiger charge is 2.12. The lowest BCUT2D eigenvalue weighted by atomic mass is 10.0. The summed E-state index contributed by atoms with van der Waals surface area (Å²) in [4.78, 5) is 12.6. The number of hydrogen-bond acceptors (Lipinski definition) is 4. The van der Waals surface area contributed by atoms with Gasteiger partial charge >= 0.3 is 0 Å². The van der Waals surface area contributed by atoms with Crippen LogP contribution in [0.3, 0.4) is 0 Å². The first kappa shape index (κ1) is 14.9. The summed E-state index contributed by atoms with van der Waals surface area (Å²) in [6.45, 7) is 0. The lowest BCUT2D eigenvalue weighted by Gasteiger charge is -2.02. The molecule has 4 rings (SSSR count). The second-order valence-corrected chi connectivity index (χ2v) is 5.63. The van der Waals surface area contributed by atoms with Crippen LogP contribution in [0.5, 0.6) is 0 Å². The number of benzene rings is 2. The van der Waals surface area contributed by atoms with E-state index in [0.717, 1.165) is 11.1 Å². The van der Waals surface area contributed by atoms with Crippen LogP contribution in [-0.2, 0) is 0 Å². The fourth-order valence-electron chi connectivity index (χ4n) is 2.65. The minimum absolute atomic E-state index is 0.0836. The van der Waals surface area contributed by atoms with E-state index in [2.05, 4.69) is 15.3 Å². The number of fused-ring (bicyclic) bond motifs is 1. The first-order chi connectivity index (χ1) is 12.2. The maximum atomic E-state index is 12.6. The average molecular weight is 329 g/mol. The number of aromatic nitrogens is 3. The van der Waals surface area contributed by atoms with Crippen molar-refractivity contribution in [2.75, 3.05) is 5.73 Å². The van der Waals surface area contributed by atoms with Crippen molar-refractivity contribution in [2.45, 2.75) is 0 Å². The molecule has 0 radical (unpaired) electrons. The Morgan fingerprint density at radius 1 is 1.08 bits per heavy atom. The van der Waals surface area contributed by atoms with Crippen LogP contribution in [-0.4, -0.2) is 26.9 Å². The van der Waals surface area contributed by atoms with Crippen LogP contribution in [0.1, 0.15) is 21.6 Å². The summed E-state index contributed by atoms with van der Waals surface area (Å²) in [7, 11) is 0. The highest BCUT2D eigenvalue weighted by molar-refractivity contribution is 6.11. The normalized spacial score (nSPS) is 11.4. The lowest BCUT2D eigenvalue weighted by Crippen LogP contribution is -2.02. The Morgan fingerprint density at radius 2 is 1.88 bits per heavy atom. The molecule has 6 heteroatoms. The molecule has 0 aliphatic heterocycles.